The molecule has 2 aliphatic rings. The topological polar surface area (TPSA) is 90.0 Å². The highest BCUT2D eigenvalue weighted by molar-refractivity contribution is 6.06. The van der Waals surface area contributed by atoms with Crippen LogP contribution in [0.2, 0.25) is 0 Å². The SMILES string of the molecule is CC1(C)NC(=O)N(CCN2CCCC2C(=O)O)C1=O. The summed E-state index contributed by atoms with van der Waals surface area (Å²) in [5.41, 5.74) is -0.867. The Balaban J connectivity index is 1.94. The zero-order chi connectivity index (χ0) is 14.2. The van der Waals surface area contributed by atoms with Crippen LogP contribution < -0.4 is 5.32 Å². The van der Waals surface area contributed by atoms with Crippen LogP contribution in [-0.2, 0) is 9.59 Å². The Morgan fingerprint density at radius 2 is 2.11 bits per heavy atom. The number of carboxylic acid groups (broad SMARTS) is 1. The number of carbonyl (C=O) groups excluding carboxylic acids is 2. The second-order valence-electron chi connectivity index (χ2n) is 5.54. The van der Waals surface area contributed by atoms with Gasteiger partial charge in [-0.3, -0.25) is 19.4 Å². The molecule has 0 radical (unpaired) electrons. The monoisotopic (exact) mass is 269 g/mol. The molecule has 0 spiro atoms. The summed E-state index contributed by atoms with van der Waals surface area (Å²) in [7, 11) is 0. The van der Waals surface area contributed by atoms with Gasteiger partial charge in [0.2, 0.25) is 0 Å². The minimum atomic E-state index is -0.867. The molecule has 2 fully saturated rings. The van der Waals surface area contributed by atoms with Crippen LogP contribution in [0.1, 0.15) is 26.7 Å². The average Bonchev–Trinajstić information content (AvgIpc) is 2.82. The summed E-state index contributed by atoms with van der Waals surface area (Å²) >= 11 is 0. The highest BCUT2D eigenvalue weighted by Gasteiger charge is 2.44. The fourth-order valence-corrected chi connectivity index (χ4v) is 2.62. The average molecular weight is 269 g/mol. The standard InChI is InChI=1S/C12H19N3O4/c1-12(2)10(18)15(11(19)13-12)7-6-14-5-3-4-8(14)9(16)17/h8H,3-7H2,1-2H3,(H,13,19)(H,16,17). The van der Waals surface area contributed by atoms with Gasteiger partial charge in [0.1, 0.15) is 11.6 Å². The number of carbonyl (C=O) groups is 3. The third-order valence-corrected chi connectivity index (χ3v) is 3.70. The van der Waals surface area contributed by atoms with Gasteiger partial charge in [0.05, 0.1) is 0 Å². The Morgan fingerprint density at radius 1 is 1.42 bits per heavy atom. The van der Waals surface area contributed by atoms with E-state index in [-0.39, 0.29) is 12.5 Å². The number of aliphatic carboxylic acids is 1. The normalized spacial score (nSPS) is 26.8. The summed E-state index contributed by atoms with van der Waals surface area (Å²) in [4.78, 5) is 37.7. The molecular weight excluding hydrogens is 250 g/mol. The number of carboxylic acids is 1. The van der Waals surface area contributed by atoms with Crippen LogP contribution in [0.4, 0.5) is 4.79 Å². The van der Waals surface area contributed by atoms with Crippen LogP contribution in [0, 0.1) is 0 Å². The van der Waals surface area contributed by atoms with Gasteiger partial charge in [-0.2, -0.15) is 0 Å². The second kappa shape index (κ2) is 4.80. The maximum atomic E-state index is 12.0. The number of hydrogen-bond donors (Lipinski definition) is 2. The minimum Gasteiger partial charge on any atom is -0.480 e. The first-order chi connectivity index (χ1) is 8.83. The third kappa shape index (κ3) is 2.56. The minimum absolute atomic E-state index is 0.234. The molecule has 1 unspecified atom stereocenters. The molecule has 0 aromatic carbocycles. The molecule has 2 aliphatic heterocycles. The van der Waals surface area contributed by atoms with Gasteiger partial charge in [-0.15, -0.1) is 0 Å². The van der Waals surface area contributed by atoms with Crippen LogP contribution in [0.5, 0.6) is 0 Å². The van der Waals surface area contributed by atoms with E-state index in [0.717, 1.165) is 11.3 Å². The lowest BCUT2D eigenvalue weighted by molar-refractivity contribution is -0.142. The van der Waals surface area contributed by atoms with Gasteiger partial charge in [0.25, 0.3) is 5.91 Å². The Labute approximate surface area is 111 Å². The smallest absolute Gasteiger partial charge is 0.325 e. The fraction of sp³-hybridized carbons (Fsp3) is 0.750. The molecule has 2 heterocycles. The Kier molecular flexibility index (Phi) is 3.49. The van der Waals surface area contributed by atoms with Crippen LogP contribution in [0.15, 0.2) is 0 Å². The lowest BCUT2D eigenvalue weighted by Gasteiger charge is -2.23. The second-order valence-corrected chi connectivity index (χ2v) is 5.54. The van der Waals surface area contributed by atoms with Gasteiger partial charge in [0.15, 0.2) is 0 Å². The third-order valence-electron chi connectivity index (χ3n) is 3.70. The fourth-order valence-electron chi connectivity index (χ4n) is 2.62. The zero-order valence-corrected chi connectivity index (χ0v) is 11.2. The number of nitrogens with one attached hydrogen (secondary N) is 1. The zero-order valence-electron chi connectivity index (χ0n) is 11.2. The molecule has 0 aromatic heterocycles. The first kappa shape index (κ1) is 13.8. The highest BCUT2D eigenvalue weighted by Crippen LogP contribution is 2.19. The molecule has 1 atom stereocenters. The van der Waals surface area contributed by atoms with E-state index in [0.29, 0.717) is 19.5 Å². The summed E-state index contributed by atoms with van der Waals surface area (Å²) in [5, 5.41) is 11.7. The van der Waals surface area contributed by atoms with Crippen molar-refractivity contribution in [2.45, 2.75) is 38.3 Å². The van der Waals surface area contributed by atoms with Gasteiger partial charge >= 0.3 is 12.0 Å². The molecule has 3 amide bonds. The highest BCUT2D eigenvalue weighted by atomic mass is 16.4. The predicted molar refractivity (Wildman–Crippen MR) is 66.6 cm³/mol. The number of amides is 3. The van der Waals surface area contributed by atoms with Crippen molar-refractivity contribution in [1.82, 2.24) is 15.1 Å². The molecule has 2 saturated heterocycles. The number of urea groups is 1. The predicted octanol–water partition coefficient (Wildman–Crippen LogP) is -0.134. The number of nitrogens with zero attached hydrogens (tertiary/aromatic N) is 2. The summed E-state index contributed by atoms with van der Waals surface area (Å²) in [6, 6.07) is -0.894. The maximum absolute atomic E-state index is 12.0. The molecule has 2 N–H and O–H groups in total. The maximum Gasteiger partial charge on any atom is 0.325 e. The molecule has 106 valence electrons. The van der Waals surface area contributed by atoms with Gasteiger partial charge < -0.3 is 10.4 Å². The van der Waals surface area contributed by atoms with Gasteiger partial charge in [-0.05, 0) is 33.2 Å². The molecule has 0 aromatic rings. The van der Waals surface area contributed by atoms with E-state index in [1.807, 2.05) is 4.90 Å². The van der Waals surface area contributed by atoms with Gasteiger partial charge in [0, 0.05) is 13.1 Å². The quantitative estimate of drug-likeness (QED) is 0.694. The first-order valence-corrected chi connectivity index (χ1v) is 6.44. The number of rotatable bonds is 4. The summed E-state index contributed by atoms with van der Waals surface area (Å²) in [5.74, 6) is -1.10. The molecule has 19 heavy (non-hydrogen) atoms. The van der Waals surface area contributed by atoms with Crippen molar-refractivity contribution in [3.8, 4) is 0 Å². The largest absolute Gasteiger partial charge is 0.480 e. The van der Waals surface area contributed by atoms with E-state index in [1.165, 1.54) is 0 Å². The number of imide groups is 1. The molecule has 0 aliphatic carbocycles. The van der Waals surface area contributed by atoms with Crippen molar-refractivity contribution in [2.75, 3.05) is 19.6 Å². The molecule has 7 nitrogen and oxygen atoms in total. The summed E-state index contributed by atoms with van der Waals surface area (Å²) < 4.78 is 0. The summed E-state index contributed by atoms with van der Waals surface area (Å²) in [6.07, 6.45) is 1.46. The van der Waals surface area contributed by atoms with Crippen LogP contribution in [-0.4, -0.2) is 64.0 Å². The lowest BCUT2D eigenvalue weighted by Crippen LogP contribution is -2.44. The Hall–Kier alpha value is -1.63. The van der Waals surface area contributed by atoms with E-state index >= 15 is 0 Å². The van der Waals surface area contributed by atoms with E-state index in [2.05, 4.69) is 5.32 Å². The molecular formula is C12H19N3O4. The molecule has 2 rings (SSSR count). The molecule has 0 saturated carbocycles. The number of likely N-dealkylation sites (tertiary alicyclic amines) is 1. The van der Waals surface area contributed by atoms with Crippen molar-refractivity contribution in [3.63, 3.8) is 0 Å². The Morgan fingerprint density at radius 3 is 2.63 bits per heavy atom. The molecule has 0 bridgehead atoms. The first-order valence-electron chi connectivity index (χ1n) is 6.44. The van der Waals surface area contributed by atoms with Crippen molar-refractivity contribution in [1.29, 1.82) is 0 Å². The van der Waals surface area contributed by atoms with Crippen molar-refractivity contribution in [3.05, 3.63) is 0 Å². The van der Waals surface area contributed by atoms with Gasteiger partial charge in [-0.1, -0.05) is 0 Å². The van der Waals surface area contributed by atoms with E-state index in [9.17, 15) is 14.4 Å². The van der Waals surface area contributed by atoms with Gasteiger partial charge in [-0.25, -0.2) is 4.79 Å². The van der Waals surface area contributed by atoms with E-state index < -0.39 is 23.6 Å². The van der Waals surface area contributed by atoms with Crippen molar-refractivity contribution in [2.24, 2.45) is 0 Å². The van der Waals surface area contributed by atoms with Crippen LogP contribution in [0.3, 0.4) is 0 Å². The van der Waals surface area contributed by atoms with Crippen LogP contribution >= 0.6 is 0 Å². The Bertz CT molecular complexity index is 421. The van der Waals surface area contributed by atoms with Crippen LogP contribution in [0.25, 0.3) is 0 Å². The van der Waals surface area contributed by atoms with Crippen molar-refractivity contribution < 1.29 is 19.5 Å². The van der Waals surface area contributed by atoms with Crippen molar-refractivity contribution >= 4 is 17.9 Å². The van der Waals surface area contributed by atoms with E-state index in [1.54, 1.807) is 13.8 Å². The molecule has 7 heteroatoms. The number of hydrogen-bond acceptors (Lipinski definition) is 4. The lowest BCUT2D eigenvalue weighted by atomic mass is 10.1. The summed E-state index contributed by atoms with van der Waals surface area (Å²) in [6.45, 7) is 4.65. The van der Waals surface area contributed by atoms with E-state index in [4.69, 9.17) is 5.11 Å².